The lowest BCUT2D eigenvalue weighted by Gasteiger charge is -2.45. The number of fused-ring (bicyclic) bond motifs is 1. The number of likely N-dealkylation sites (tertiary alicyclic amines) is 1. The van der Waals surface area contributed by atoms with Gasteiger partial charge in [-0.3, -0.25) is 4.90 Å². The molecule has 22 heavy (non-hydrogen) atoms. The maximum absolute atomic E-state index is 9.91. The molecule has 1 aromatic carbocycles. The van der Waals surface area contributed by atoms with Crippen molar-refractivity contribution in [3.8, 4) is 0 Å². The highest BCUT2D eigenvalue weighted by atomic mass is 16.5. The summed E-state index contributed by atoms with van der Waals surface area (Å²) in [7, 11) is 0. The Balaban J connectivity index is 1.39. The van der Waals surface area contributed by atoms with Gasteiger partial charge in [-0.15, -0.1) is 0 Å². The molecule has 4 nitrogen and oxygen atoms in total. The fourth-order valence-electron chi connectivity index (χ4n) is 3.93. The Hall–Kier alpha value is -1.36. The molecule has 2 N–H and O–H groups in total. The Labute approximate surface area is 131 Å². The molecule has 4 rings (SSSR count). The van der Waals surface area contributed by atoms with Crippen LogP contribution in [0.4, 0.5) is 0 Å². The Bertz CT molecular complexity index is 643. The van der Waals surface area contributed by atoms with Gasteiger partial charge in [-0.05, 0) is 48.4 Å². The van der Waals surface area contributed by atoms with Gasteiger partial charge in [0.25, 0.3) is 0 Å². The summed E-state index contributed by atoms with van der Waals surface area (Å²) >= 11 is 0. The third kappa shape index (κ3) is 2.78. The van der Waals surface area contributed by atoms with E-state index < -0.39 is 0 Å². The molecule has 2 fully saturated rings. The maximum atomic E-state index is 9.91. The van der Waals surface area contributed by atoms with E-state index in [1.54, 1.807) is 0 Å². The van der Waals surface area contributed by atoms with Crippen LogP contribution in [0.1, 0.15) is 31.2 Å². The quantitative estimate of drug-likeness (QED) is 0.896. The predicted octanol–water partition coefficient (Wildman–Crippen LogP) is 2.67. The fourth-order valence-corrected chi connectivity index (χ4v) is 3.93. The number of hydrogen-bond donors (Lipinski definition) is 2. The van der Waals surface area contributed by atoms with Crippen LogP contribution in [0.2, 0.25) is 0 Å². The number of rotatable bonds is 2. The van der Waals surface area contributed by atoms with E-state index in [0.29, 0.717) is 6.61 Å². The van der Waals surface area contributed by atoms with Crippen LogP contribution in [0.3, 0.4) is 0 Å². The molecule has 4 heteroatoms. The van der Waals surface area contributed by atoms with Crippen molar-refractivity contribution >= 4 is 10.9 Å². The molecule has 1 unspecified atom stereocenters. The average molecular weight is 300 g/mol. The van der Waals surface area contributed by atoms with Crippen LogP contribution in [0.5, 0.6) is 0 Å². The largest absolute Gasteiger partial charge is 0.393 e. The van der Waals surface area contributed by atoms with Crippen molar-refractivity contribution in [2.24, 2.45) is 0 Å². The van der Waals surface area contributed by atoms with Crippen molar-refractivity contribution in [2.75, 3.05) is 19.7 Å². The molecule has 3 heterocycles. The second-order valence-electron chi connectivity index (χ2n) is 6.85. The van der Waals surface area contributed by atoms with E-state index >= 15 is 0 Å². The number of nitrogens with one attached hydrogen (secondary N) is 1. The third-order valence-electron chi connectivity index (χ3n) is 5.26. The van der Waals surface area contributed by atoms with E-state index in [4.69, 9.17) is 4.74 Å². The second kappa shape index (κ2) is 5.69. The number of nitrogens with zero attached hydrogens (tertiary/aromatic N) is 1. The fraction of sp³-hybridized carbons (Fsp3) is 0.556. The molecule has 2 aliphatic rings. The highest BCUT2D eigenvalue weighted by Crippen LogP contribution is 2.35. The van der Waals surface area contributed by atoms with Crippen molar-refractivity contribution in [2.45, 2.75) is 43.9 Å². The molecule has 0 aliphatic carbocycles. The zero-order valence-electron chi connectivity index (χ0n) is 12.9. The van der Waals surface area contributed by atoms with Crippen LogP contribution in [0.15, 0.2) is 30.5 Å². The van der Waals surface area contributed by atoms with Crippen molar-refractivity contribution in [3.63, 3.8) is 0 Å². The minimum atomic E-state index is -0.170. The first-order valence-electron chi connectivity index (χ1n) is 8.33. The molecule has 1 atom stereocenters. The minimum Gasteiger partial charge on any atom is -0.393 e. The number of aromatic amines is 1. The number of benzene rings is 1. The standard InChI is InChI=1S/C18H24N2O2/c21-16-4-10-22-18(12-16)5-8-20(9-6-18)13-14-1-2-17-15(11-14)3-7-19-17/h1-3,7,11,16,19,21H,4-6,8-10,12-13H2. The van der Waals surface area contributed by atoms with Crippen molar-refractivity contribution in [1.82, 2.24) is 9.88 Å². The Morgan fingerprint density at radius 2 is 2.14 bits per heavy atom. The molecular weight excluding hydrogens is 276 g/mol. The van der Waals surface area contributed by atoms with E-state index in [2.05, 4.69) is 34.1 Å². The molecule has 1 aromatic heterocycles. The summed E-state index contributed by atoms with van der Waals surface area (Å²) in [5, 5.41) is 11.2. The molecule has 0 amide bonds. The number of H-pyrrole nitrogens is 1. The summed E-state index contributed by atoms with van der Waals surface area (Å²) < 4.78 is 6.03. The van der Waals surface area contributed by atoms with Gasteiger partial charge in [-0.25, -0.2) is 0 Å². The van der Waals surface area contributed by atoms with Gasteiger partial charge >= 0.3 is 0 Å². The molecule has 0 bridgehead atoms. The van der Waals surface area contributed by atoms with Gasteiger partial charge in [0.05, 0.1) is 11.7 Å². The number of ether oxygens (including phenoxy) is 1. The Morgan fingerprint density at radius 1 is 1.27 bits per heavy atom. The van der Waals surface area contributed by atoms with Crippen LogP contribution < -0.4 is 0 Å². The second-order valence-corrected chi connectivity index (χ2v) is 6.85. The highest BCUT2D eigenvalue weighted by Gasteiger charge is 2.39. The maximum Gasteiger partial charge on any atom is 0.0731 e. The van der Waals surface area contributed by atoms with E-state index in [9.17, 15) is 5.11 Å². The van der Waals surface area contributed by atoms with E-state index in [0.717, 1.165) is 45.3 Å². The summed E-state index contributed by atoms with van der Waals surface area (Å²) in [6, 6.07) is 8.78. The first-order valence-corrected chi connectivity index (χ1v) is 8.33. The number of aliphatic hydroxyl groups excluding tert-OH is 1. The lowest BCUT2D eigenvalue weighted by Crippen LogP contribution is -2.50. The molecule has 2 saturated heterocycles. The van der Waals surface area contributed by atoms with E-state index in [1.165, 1.54) is 16.5 Å². The lowest BCUT2D eigenvalue weighted by atomic mass is 9.83. The van der Waals surface area contributed by atoms with Gasteiger partial charge < -0.3 is 14.8 Å². The highest BCUT2D eigenvalue weighted by molar-refractivity contribution is 5.79. The zero-order valence-corrected chi connectivity index (χ0v) is 12.9. The number of hydrogen-bond acceptors (Lipinski definition) is 3. The van der Waals surface area contributed by atoms with Gasteiger partial charge in [0, 0.05) is 44.4 Å². The van der Waals surface area contributed by atoms with Crippen LogP contribution in [0, 0.1) is 0 Å². The molecule has 2 aromatic rings. The van der Waals surface area contributed by atoms with Gasteiger partial charge in [0.15, 0.2) is 0 Å². The summed E-state index contributed by atoms with van der Waals surface area (Å²) in [4.78, 5) is 5.74. The molecule has 118 valence electrons. The normalized spacial score (nSPS) is 25.8. The first kappa shape index (κ1) is 14.2. The summed E-state index contributed by atoms with van der Waals surface area (Å²) in [6.07, 6.45) is 5.51. The van der Waals surface area contributed by atoms with Crippen molar-refractivity contribution in [3.05, 3.63) is 36.0 Å². The third-order valence-corrected chi connectivity index (χ3v) is 5.26. The summed E-state index contributed by atoms with van der Waals surface area (Å²) in [5.41, 5.74) is 2.51. The Kier molecular flexibility index (Phi) is 3.68. The monoisotopic (exact) mass is 300 g/mol. The van der Waals surface area contributed by atoms with Gasteiger partial charge in [0.2, 0.25) is 0 Å². The molecule has 0 radical (unpaired) electrons. The summed E-state index contributed by atoms with van der Waals surface area (Å²) in [6.45, 7) is 3.82. The predicted molar refractivity (Wildman–Crippen MR) is 86.7 cm³/mol. The van der Waals surface area contributed by atoms with Gasteiger partial charge in [-0.2, -0.15) is 0 Å². The number of aliphatic hydroxyl groups is 1. The minimum absolute atomic E-state index is 0.0568. The molecular formula is C18H24N2O2. The molecule has 0 saturated carbocycles. The smallest absolute Gasteiger partial charge is 0.0731 e. The SMILES string of the molecule is OC1CCOC2(CCN(Cc3ccc4[nH]ccc4c3)CC2)C1. The Morgan fingerprint density at radius 3 is 2.95 bits per heavy atom. The molecule has 1 spiro atoms. The van der Waals surface area contributed by atoms with Crippen LogP contribution in [0.25, 0.3) is 10.9 Å². The van der Waals surface area contributed by atoms with Gasteiger partial charge in [-0.1, -0.05) is 6.07 Å². The zero-order chi connectivity index (χ0) is 15.0. The lowest BCUT2D eigenvalue weighted by molar-refractivity contribution is -0.143. The number of aromatic nitrogens is 1. The van der Waals surface area contributed by atoms with Gasteiger partial charge in [0.1, 0.15) is 0 Å². The van der Waals surface area contributed by atoms with Crippen LogP contribution >= 0.6 is 0 Å². The van der Waals surface area contributed by atoms with Crippen LogP contribution in [-0.2, 0) is 11.3 Å². The average Bonchev–Trinajstić information content (AvgIpc) is 2.97. The first-order chi connectivity index (χ1) is 10.7. The van der Waals surface area contributed by atoms with E-state index in [1.807, 2.05) is 6.20 Å². The van der Waals surface area contributed by atoms with E-state index in [-0.39, 0.29) is 11.7 Å². The van der Waals surface area contributed by atoms with Crippen molar-refractivity contribution in [1.29, 1.82) is 0 Å². The topological polar surface area (TPSA) is 48.5 Å². The number of piperidine rings is 1. The molecule has 2 aliphatic heterocycles. The van der Waals surface area contributed by atoms with Crippen LogP contribution in [-0.4, -0.2) is 46.4 Å². The summed E-state index contributed by atoms with van der Waals surface area (Å²) in [5.74, 6) is 0. The van der Waals surface area contributed by atoms with Crippen molar-refractivity contribution < 1.29 is 9.84 Å².